The number of aromatic nitrogens is 2. The smallest absolute Gasteiger partial charge is 0.251 e. The van der Waals surface area contributed by atoms with Crippen molar-refractivity contribution in [2.24, 2.45) is 5.92 Å². The SMILES string of the molecule is CC(C)CC(=O)N1Cc2ccnn2[C@H](C(=O)N2CCC(F)(F)CC2)C1. The fraction of sp³-hybridized carbons (Fsp3) is 0.706. The van der Waals surface area contributed by atoms with Crippen LogP contribution in [0.2, 0.25) is 0 Å². The quantitative estimate of drug-likeness (QED) is 0.835. The van der Waals surface area contributed by atoms with E-state index in [-0.39, 0.29) is 50.2 Å². The molecule has 0 aromatic carbocycles. The Hall–Kier alpha value is -1.99. The standard InChI is InChI=1S/C17H24F2N4O2/c1-12(2)9-15(24)22-10-13-3-6-20-23(13)14(11-22)16(25)21-7-4-17(18,19)5-8-21/h3,6,12,14H,4-5,7-11H2,1-2H3/t14-/m0/s1. The fourth-order valence-corrected chi connectivity index (χ4v) is 3.41. The van der Waals surface area contributed by atoms with Crippen molar-refractivity contribution in [3.05, 3.63) is 18.0 Å². The molecule has 0 spiro atoms. The molecule has 0 aliphatic carbocycles. The van der Waals surface area contributed by atoms with Gasteiger partial charge in [-0.3, -0.25) is 14.3 Å². The number of nitrogens with zero attached hydrogens (tertiary/aromatic N) is 4. The van der Waals surface area contributed by atoms with Crippen molar-refractivity contribution >= 4 is 11.8 Å². The van der Waals surface area contributed by atoms with E-state index in [4.69, 9.17) is 0 Å². The van der Waals surface area contributed by atoms with Crippen LogP contribution < -0.4 is 0 Å². The van der Waals surface area contributed by atoms with Crippen molar-refractivity contribution in [2.75, 3.05) is 19.6 Å². The molecule has 0 radical (unpaired) electrons. The number of hydrogen-bond donors (Lipinski definition) is 0. The first-order valence-electron chi connectivity index (χ1n) is 8.73. The average molecular weight is 354 g/mol. The molecule has 25 heavy (non-hydrogen) atoms. The normalized spacial score (nSPS) is 22.8. The average Bonchev–Trinajstić information content (AvgIpc) is 3.01. The third-order valence-corrected chi connectivity index (χ3v) is 4.82. The third-order valence-electron chi connectivity index (χ3n) is 4.82. The van der Waals surface area contributed by atoms with E-state index >= 15 is 0 Å². The summed E-state index contributed by atoms with van der Waals surface area (Å²) in [6, 6.07) is 1.15. The predicted octanol–water partition coefficient (Wildman–Crippen LogP) is 2.07. The van der Waals surface area contributed by atoms with E-state index < -0.39 is 12.0 Å². The molecule has 1 saturated heterocycles. The summed E-state index contributed by atoms with van der Waals surface area (Å²) in [6.45, 7) is 4.70. The molecule has 1 aromatic rings. The lowest BCUT2D eigenvalue weighted by Gasteiger charge is -2.38. The Morgan fingerprint density at radius 2 is 1.96 bits per heavy atom. The van der Waals surface area contributed by atoms with Gasteiger partial charge >= 0.3 is 0 Å². The number of piperidine rings is 1. The minimum Gasteiger partial charge on any atom is -0.340 e. The first kappa shape index (κ1) is 17.8. The van der Waals surface area contributed by atoms with Crippen LogP contribution in [0.15, 0.2) is 12.3 Å². The van der Waals surface area contributed by atoms with E-state index in [0.717, 1.165) is 5.69 Å². The largest absolute Gasteiger partial charge is 0.340 e. The second-order valence-electron chi connectivity index (χ2n) is 7.34. The molecule has 3 rings (SSSR count). The van der Waals surface area contributed by atoms with Crippen molar-refractivity contribution in [1.82, 2.24) is 19.6 Å². The summed E-state index contributed by atoms with van der Waals surface area (Å²) >= 11 is 0. The van der Waals surface area contributed by atoms with Crippen LogP contribution in [0.5, 0.6) is 0 Å². The van der Waals surface area contributed by atoms with Crippen molar-refractivity contribution < 1.29 is 18.4 Å². The number of rotatable bonds is 3. The zero-order chi connectivity index (χ0) is 18.2. The monoisotopic (exact) mass is 354 g/mol. The van der Waals surface area contributed by atoms with E-state index in [2.05, 4.69) is 5.10 Å². The number of likely N-dealkylation sites (tertiary alicyclic amines) is 1. The second-order valence-corrected chi connectivity index (χ2v) is 7.34. The van der Waals surface area contributed by atoms with Crippen molar-refractivity contribution in [1.29, 1.82) is 0 Å². The lowest BCUT2D eigenvalue weighted by molar-refractivity contribution is -0.144. The van der Waals surface area contributed by atoms with E-state index in [9.17, 15) is 18.4 Å². The van der Waals surface area contributed by atoms with Gasteiger partial charge in [0.2, 0.25) is 11.8 Å². The molecular weight excluding hydrogens is 330 g/mol. The van der Waals surface area contributed by atoms with Crippen molar-refractivity contribution in [3.8, 4) is 0 Å². The summed E-state index contributed by atoms with van der Waals surface area (Å²) in [7, 11) is 0. The molecule has 2 amide bonds. The Labute approximate surface area is 145 Å². The summed E-state index contributed by atoms with van der Waals surface area (Å²) in [5, 5.41) is 4.22. The van der Waals surface area contributed by atoms with E-state index in [0.29, 0.717) is 13.0 Å². The molecule has 1 atom stereocenters. The highest BCUT2D eigenvalue weighted by atomic mass is 19.3. The number of alkyl halides is 2. The van der Waals surface area contributed by atoms with Gasteiger partial charge in [-0.2, -0.15) is 5.10 Å². The molecule has 8 heteroatoms. The number of amides is 2. The molecule has 1 fully saturated rings. The van der Waals surface area contributed by atoms with Gasteiger partial charge in [0.15, 0.2) is 0 Å². The predicted molar refractivity (Wildman–Crippen MR) is 86.9 cm³/mol. The number of carbonyl (C=O) groups is 2. The molecule has 0 saturated carbocycles. The van der Waals surface area contributed by atoms with Crippen LogP contribution in [0.3, 0.4) is 0 Å². The van der Waals surface area contributed by atoms with Gasteiger partial charge in [-0.15, -0.1) is 0 Å². The Kier molecular flexibility index (Phi) is 4.79. The minimum absolute atomic E-state index is 0.00503. The number of fused-ring (bicyclic) bond motifs is 1. The zero-order valence-electron chi connectivity index (χ0n) is 14.6. The van der Waals surface area contributed by atoms with Crippen LogP contribution in [-0.4, -0.2) is 57.0 Å². The number of halogens is 2. The minimum atomic E-state index is -2.69. The third kappa shape index (κ3) is 3.82. The fourth-order valence-electron chi connectivity index (χ4n) is 3.41. The van der Waals surface area contributed by atoms with Crippen LogP contribution >= 0.6 is 0 Å². The van der Waals surface area contributed by atoms with Crippen LogP contribution in [0, 0.1) is 5.92 Å². The Balaban J connectivity index is 1.76. The maximum absolute atomic E-state index is 13.4. The van der Waals surface area contributed by atoms with Gasteiger partial charge < -0.3 is 9.80 Å². The van der Waals surface area contributed by atoms with Gasteiger partial charge in [-0.05, 0) is 12.0 Å². The molecule has 138 valence electrons. The number of hydrogen-bond acceptors (Lipinski definition) is 3. The second kappa shape index (κ2) is 6.72. The molecule has 2 aliphatic heterocycles. The highest BCUT2D eigenvalue weighted by molar-refractivity contribution is 5.83. The van der Waals surface area contributed by atoms with Gasteiger partial charge in [0.1, 0.15) is 6.04 Å². The Bertz CT molecular complexity index is 649. The Morgan fingerprint density at radius 1 is 1.28 bits per heavy atom. The summed E-state index contributed by atoms with van der Waals surface area (Å²) in [5.74, 6) is -2.69. The maximum Gasteiger partial charge on any atom is 0.251 e. The molecule has 6 nitrogen and oxygen atoms in total. The first-order valence-corrected chi connectivity index (χ1v) is 8.73. The van der Waals surface area contributed by atoms with Crippen LogP contribution in [-0.2, 0) is 16.1 Å². The van der Waals surface area contributed by atoms with Crippen molar-refractivity contribution in [3.63, 3.8) is 0 Å². The van der Waals surface area contributed by atoms with Crippen LogP contribution in [0.1, 0.15) is 44.8 Å². The lowest BCUT2D eigenvalue weighted by atomic mass is 10.0. The van der Waals surface area contributed by atoms with Gasteiger partial charge in [-0.25, -0.2) is 8.78 Å². The Morgan fingerprint density at radius 3 is 2.60 bits per heavy atom. The maximum atomic E-state index is 13.4. The van der Waals surface area contributed by atoms with Crippen LogP contribution in [0.4, 0.5) is 8.78 Å². The van der Waals surface area contributed by atoms with E-state index in [1.807, 2.05) is 13.8 Å². The molecular formula is C17H24F2N4O2. The summed E-state index contributed by atoms with van der Waals surface area (Å²) in [4.78, 5) is 28.5. The summed E-state index contributed by atoms with van der Waals surface area (Å²) in [5.41, 5.74) is 0.795. The van der Waals surface area contributed by atoms with Crippen molar-refractivity contribution in [2.45, 2.75) is 51.6 Å². The summed E-state index contributed by atoms with van der Waals surface area (Å²) < 4.78 is 28.3. The molecule has 0 N–H and O–H groups in total. The molecule has 3 heterocycles. The van der Waals surface area contributed by atoms with Gasteiger partial charge in [0.05, 0.1) is 18.8 Å². The van der Waals surface area contributed by atoms with Gasteiger partial charge in [-0.1, -0.05) is 13.8 Å². The topological polar surface area (TPSA) is 58.4 Å². The van der Waals surface area contributed by atoms with E-state index in [1.54, 1.807) is 21.8 Å². The van der Waals surface area contributed by atoms with Gasteiger partial charge in [0.25, 0.3) is 5.92 Å². The molecule has 2 aliphatic rings. The highest BCUT2D eigenvalue weighted by Gasteiger charge is 2.40. The first-order chi connectivity index (χ1) is 11.8. The lowest BCUT2D eigenvalue weighted by Crippen LogP contribution is -2.51. The van der Waals surface area contributed by atoms with Gasteiger partial charge in [0, 0.05) is 38.5 Å². The van der Waals surface area contributed by atoms with E-state index in [1.165, 1.54) is 4.90 Å². The molecule has 0 unspecified atom stereocenters. The molecule has 0 bridgehead atoms. The van der Waals surface area contributed by atoms with Crippen LogP contribution in [0.25, 0.3) is 0 Å². The highest BCUT2D eigenvalue weighted by Crippen LogP contribution is 2.30. The summed E-state index contributed by atoms with van der Waals surface area (Å²) in [6.07, 6.45) is 1.40. The molecule has 1 aromatic heterocycles. The number of carbonyl (C=O) groups excluding carboxylic acids is 2. The zero-order valence-corrected chi connectivity index (χ0v) is 14.6.